The van der Waals surface area contributed by atoms with E-state index in [4.69, 9.17) is 4.74 Å². The van der Waals surface area contributed by atoms with Crippen LogP contribution in [-0.4, -0.2) is 18.2 Å². The van der Waals surface area contributed by atoms with Crippen molar-refractivity contribution in [1.29, 1.82) is 0 Å². The fourth-order valence-electron chi connectivity index (χ4n) is 2.03. The second kappa shape index (κ2) is 8.11. The van der Waals surface area contributed by atoms with Crippen molar-refractivity contribution in [1.82, 2.24) is 5.32 Å². The van der Waals surface area contributed by atoms with Crippen molar-refractivity contribution in [3.63, 3.8) is 0 Å². The summed E-state index contributed by atoms with van der Waals surface area (Å²) in [5.41, 5.74) is 1.27. The molecule has 1 unspecified atom stereocenters. The van der Waals surface area contributed by atoms with E-state index < -0.39 is 0 Å². The SMILES string of the molecule is C/C=C/c1ccccc1OC(CCC)CNC(C)(C)C. The van der Waals surface area contributed by atoms with Crippen LogP contribution in [0.2, 0.25) is 0 Å². The molecule has 0 spiro atoms. The first-order chi connectivity index (χ1) is 9.46. The van der Waals surface area contributed by atoms with E-state index in [9.17, 15) is 0 Å². The van der Waals surface area contributed by atoms with Crippen LogP contribution < -0.4 is 10.1 Å². The Morgan fingerprint density at radius 1 is 1.25 bits per heavy atom. The number of hydrogen-bond acceptors (Lipinski definition) is 2. The molecule has 0 heterocycles. The lowest BCUT2D eigenvalue weighted by Crippen LogP contribution is -2.42. The van der Waals surface area contributed by atoms with Crippen LogP contribution in [0.15, 0.2) is 30.3 Å². The molecule has 0 aromatic heterocycles. The van der Waals surface area contributed by atoms with E-state index in [0.29, 0.717) is 0 Å². The molecule has 0 aliphatic rings. The quantitative estimate of drug-likeness (QED) is 0.781. The number of nitrogens with one attached hydrogen (secondary N) is 1. The van der Waals surface area contributed by atoms with Crippen LogP contribution >= 0.6 is 0 Å². The summed E-state index contributed by atoms with van der Waals surface area (Å²) in [5, 5.41) is 3.54. The first-order valence-electron chi connectivity index (χ1n) is 7.59. The van der Waals surface area contributed by atoms with Crippen LogP contribution in [0, 0.1) is 0 Å². The molecule has 0 aliphatic carbocycles. The predicted molar refractivity (Wildman–Crippen MR) is 88.2 cm³/mol. The Morgan fingerprint density at radius 2 is 1.95 bits per heavy atom. The third kappa shape index (κ3) is 6.25. The molecule has 0 fully saturated rings. The van der Waals surface area contributed by atoms with Gasteiger partial charge >= 0.3 is 0 Å². The molecule has 2 heteroatoms. The summed E-state index contributed by atoms with van der Waals surface area (Å²) in [6, 6.07) is 8.22. The molecule has 20 heavy (non-hydrogen) atoms. The first-order valence-corrected chi connectivity index (χ1v) is 7.59. The molecular weight excluding hydrogens is 246 g/mol. The van der Waals surface area contributed by atoms with E-state index in [1.54, 1.807) is 0 Å². The van der Waals surface area contributed by atoms with Gasteiger partial charge in [0.05, 0.1) is 0 Å². The van der Waals surface area contributed by atoms with Crippen LogP contribution in [0.1, 0.15) is 53.0 Å². The second-order valence-corrected chi connectivity index (χ2v) is 6.20. The Kier molecular flexibility index (Phi) is 6.80. The van der Waals surface area contributed by atoms with Crippen molar-refractivity contribution < 1.29 is 4.74 Å². The summed E-state index contributed by atoms with van der Waals surface area (Å²) in [7, 11) is 0. The highest BCUT2D eigenvalue weighted by Crippen LogP contribution is 2.22. The Morgan fingerprint density at radius 3 is 2.55 bits per heavy atom. The zero-order valence-electron chi connectivity index (χ0n) is 13.6. The van der Waals surface area contributed by atoms with E-state index in [-0.39, 0.29) is 11.6 Å². The third-order valence-corrected chi connectivity index (χ3v) is 3.03. The van der Waals surface area contributed by atoms with E-state index >= 15 is 0 Å². The third-order valence-electron chi connectivity index (χ3n) is 3.03. The Hall–Kier alpha value is -1.28. The van der Waals surface area contributed by atoms with Gasteiger partial charge in [-0.05, 0) is 40.2 Å². The van der Waals surface area contributed by atoms with Gasteiger partial charge < -0.3 is 10.1 Å². The Labute approximate surface area is 124 Å². The van der Waals surface area contributed by atoms with Crippen molar-refractivity contribution in [3.8, 4) is 5.75 Å². The zero-order valence-corrected chi connectivity index (χ0v) is 13.6. The molecule has 0 amide bonds. The lowest BCUT2D eigenvalue weighted by molar-refractivity contribution is 0.174. The molecule has 0 aliphatic heterocycles. The van der Waals surface area contributed by atoms with E-state index in [0.717, 1.165) is 30.7 Å². The molecule has 0 bridgehead atoms. The maximum absolute atomic E-state index is 6.22. The molecule has 1 rings (SSSR count). The van der Waals surface area contributed by atoms with Gasteiger partial charge in [0.2, 0.25) is 0 Å². The largest absolute Gasteiger partial charge is 0.488 e. The van der Waals surface area contributed by atoms with Gasteiger partial charge in [-0.1, -0.05) is 43.7 Å². The van der Waals surface area contributed by atoms with E-state index in [1.165, 1.54) is 0 Å². The van der Waals surface area contributed by atoms with Crippen molar-refractivity contribution in [2.24, 2.45) is 0 Å². The number of para-hydroxylation sites is 1. The molecule has 0 radical (unpaired) electrons. The molecule has 1 aromatic carbocycles. The van der Waals surface area contributed by atoms with Crippen LogP contribution in [-0.2, 0) is 0 Å². The molecule has 1 aromatic rings. The number of hydrogen-bond donors (Lipinski definition) is 1. The summed E-state index contributed by atoms with van der Waals surface area (Å²) in [6.07, 6.45) is 6.54. The van der Waals surface area contributed by atoms with Crippen LogP contribution in [0.3, 0.4) is 0 Å². The van der Waals surface area contributed by atoms with Gasteiger partial charge in [-0.3, -0.25) is 0 Å². The Bertz CT molecular complexity index is 418. The predicted octanol–water partition coefficient (Wildman–Crippen LogP) is 4.66. The summed E-state index contributed by atoms with van der Waals surface area (Å²) in [5.74, 6) is 0.972. The highest BCUT2D eigenvalue weighted by atomic mass is 16.5. The van der Waals surface area contributed by atoms with Gasteiger partial charge in [-0.25, -0.2) is 0 Å². The Balaban J connectivity index is 2.74. The summed E-state index contributed by atoms with van der Waals surface area (Å²) in [6.45, 7) is 11.7. The van der Waals surface area contributed by atoms with Gasteiger partial charge in [0.15, 0.2) is 0 Å². The summed E-state index contributed by atoms with van der Waals surface area (Å²) >= 11 is 0. The average molecular weight is 275 g/mol. The lowest BCUT2D eigenvalue weighted by atomic mass is 10.1. The lowest BCUT2D eigenvalue weighted by Gasteiger charge is -2.26. The highest BCUT2D eigenvalue weighted by molar-refractivity contribution is 5.56. The first kappa shape index (κ1) is 16.8. The molecule has 1 N–H and O–H groups in total. The topological polar surface area (TPSA) is 21.3 Å². The standard InChI is InChI=1S/C18H29NO/c1-6-10-15-12-8-9-13-17(15)20-16(11-7-2)14-19-18(3,4)5/h6,8-10,12-13,16,19H,7,11,14H2,1-5H3/b10-6+. The van der Waals surface area contributed by atoms with Crippen LogP contribution in [0.4, 0.5) is 0 Å². The minimum atomic E-state index is 0.123. The van der Waals surface area contributed by atoms with Crippen LogP contribution in [0.5, 0.6) is 5.75 Å². The van der Waals surface area contributed by atoms with Crippen molar-refractivity contribution in [2.75, 3.05) is 6.54 Å². The fourth-order valence-corrected chi connectivity index (χ4v) is 2.03. The van der Waals surface area contributed by atoms with E-state index in [1.807, 2.05) is 25.1 Å². The van der Waals surface area contributed by atoms with Gasteiger partial charge in [0.25, 0.3) is 0 Å². The molecule has 2 nitrogen and oxygen atoms in total. The number of rotatable bonds is 7. The van der Waals surface area contributed by atoms with E-state index in [2.05, 4.69) is 51.2 Å². The number of benzene rings is 1. The van der Waals surface area contributed by atoms with Gasteiger partial charge in [-0.15, -0.1) is 0 Å². The van der Waals surface area contributed by atoms with Gasteiger partial charge in [-0.2, -0.15) is 0 Å². The minimum Gasteiger partial charge on any atom is -0.488 e. The molecule has 112 valence electrons. The molecule has 0 saturated carbocycles. The van der Waals surface area contributed by atoms with Crippen LogP contribution in [0.25, 0.3) is 6.08 Å². The van der Waals surface area contributed by atoms with Gasteiger partial charge in [0.1, 0.15) is 11.9 Å². The minimum absolute atomic E-state index is 0.123. The van der Waals surface area contributed by atoms with Crippen molar-refractivity contribution in [2.45, 2.75) is 59.1 Å². The van der Waals surface area contributed by atoms with Gasteiger partial charge in [0, 0.05) is 17.6 Å². The molecular formula is C18H29NO. The summed E-state index contributed by atoms with van der Waals surface area (Å²) in [4.78, 5) is 0. The average Bonchev–Trinajstić information content (AvgIpc) is 2.38. The second-order valence-electron chi connectivity index (χ2n) is 6.20. The monoisotopic (exact) mass is 275 g/mol. The normalized spacial score (nSPS) is 13.7. The van der Waals surface area contributed by atoms with Crippen molar-refractivity contribution in [3.05, 3.63) is 35.9 Å². The fraction of sp³-hybridized carbons (Fsp3) is 0.556. The number of ether oxygens (including phenoxy) is 1. The zero-order chi connectivity index (χ0) is 15.0. The maximum Gasteiger partial charge on any atom is 0.126 e. The maximum atomic E-state index is 6.22. The molecule has 1 atom stereocenters. The van der Waals surface area contributed by atoms with Crippen molar-refractivity contribution >= 4 is 6.08 Å². The molecule has 0 saturated heterocycles. The smallest absolute Gasteiger partial charge is 0.126 e. The highest BCUT2D eigenvalue weighted by Gasteiger charge is 2.15. The summed E-state index contributed by atoms with van der Waals surface area (Å²) < 4.78 is 6.22. The number of allylic oxidation sites excluding steroid dienone is 1.